The first-order valence-electron chi connectivity index (χ1n) is 17.1. The molecule has 11 aromatic rings. The zero-order valence-electron chi connectivity index (χ0n) is 27.2. The van der Waals surface area contributed by atoms with Gasteiger partial charge in [-0.05, 0) is 54.6 Å². The van der Waals surface area contributed by atoms with E-state index in [2.05, 4.69) is 168 Å². The Labute approximate surface area is 301 Å². The second kappa shape index (κ2) is 11.2. The number of aromatic nitrogens is 3. The molecule has 11 rings (SSSR count). The predicted octanol–water partition coefficient (Wildman–Crippen LogP) is 13.3. The molecule has 0 aliphatic carbocycles. The summed E-state index contributed by atoms with van der Waals surface area (Å²) in [7, 11) is 0. The van der Waals surface area contributed by atoms with E-state index in [4.69, 9.17) is 9.97 Å². The number of benzene rings is 7. The Hall–Kier alpha value is -6.14. The lowest BCUT2D eigenvalue weighted by Gasteiger charge is -2.15. The van der Waals surface area contributed by atoms with E-state index in [1.54, 1.807) is 0 Å². The highest BCUT2D eigenvalue weighted by Crippen LogP contribution is 2.44. The SMILES string of the molecule is c1ccc(-n2c3ccccc3c3ccccc32)c(-c2nc(-c3cccc4sc5ccccc5c34)cc(-c3cccc4sc5ccccc5c34)n2)c1. The molecule has 0 radical (unpaired) electrons. The van der Waals surface area contributed by atoms with E-state index >= 15 is 0 Å². The van der Waals surface area contributed by atoms with Crippen LogP contribution in [0.3, 0.4) is 0 Å². The van der Waals surface area contributed by atoms with E-state index < -0.39 is 0 Å². The fourth-order valence-electron chi connectivity index (χ4n) is 7.86. The molecule has 0 saturated carbocycles. The molecule has 0 aliphatic heterocycles. The fourth-order valence-corrected chi connectivity index (χ4v) is 10.1. The van der Waals surface area contributed by atoms with Crippen LogP contribution in [0.5, 0.6) is 0 Å². The van der Waals surface area contributed by atoms with Crippen molar-refractivity contribution in [2.75, 3.05) is 0 Å². The van der Waals surface area contributed by atoms with Gasteiger partial charge in [-0.1, -0.05) is 109 Å². The number of hydrogen-bond acceptors (Lipinski definition) is 4. The molecule has 0 saturated heterocycles. The van der Waals surface area contributed by atoms with Gasteiger partial charge in [-0.15, -0.1) is 22.7 Å². The van der Waals surface area contributed by atoms with Gasteiger partial charge in [-0.2, -0.15) is 0 Å². The third kappa shape index (κ3) is 4.35. The molecule has 0 atom stereocenters. The highest BCUT2D eigenvalue weighted by molar-refractivity contribution is 7.26. The summed E-state index contributed by atoms with van der Waals surface area (Å²) < 4.78 is 7.44. The molecule has 0 unspecified atom stereocenters. The number of rotatable bonds is 4. The molecule has 4 heterocycles. The van der Waals surface area contributed by atoms with Crippen molar-refractivity contribution in [3.8, 4) is 39.6 Å². The summed E-state index contributed by atoms with van der Waals surface area (Å²) in [4.78, 5) is 11.0. The van der Waals surface area contributed by atoms with E-state index in [9.17, 15) is 0 Å². The van der Waals surface area contributed by atoms with E-state index in [0.717, 1.165) is 44.8 Å². The molecule has 0 N–H and O–H groups in total. The quantitative estimate of drug-likeness (QED) is 0.185. The maximum Gasteiger partial charge on any atom is 0.162 e. The third-order valence-corrected chi connectivity index (χ3v) is 12.3. The van der Waals surface area contributed by atoms with Gasteiger partial charge in [0, 0.05) is 67.8 Å². The van der Waals surface area contributed by atoms with Gasteiger partial charge >= 0.3 is 0 Å². The van der Waals surface area contributed by atoms with Crippen molar-refractivity contribution in [3.05, 3.63) is 164 Å². The first-order chi connectivity index (χ1) is 25.3. The van der Waals surface area contributed by atoms with Crippen LogP contribution in [0.2, 0.25) is 0 Å². The van der Waals surface area contributed by atoms with Crippen molar-refractivity contribution < 1.29 is 0 Å². The zero-order chi connectivity index (χ0) is 33.5. The van der Waals surface area contributed by atoms with Crippen LogP contribution < -0.4 is 0 Å². The van der Waals surface area contributed by atoms with E-state index in [1.165, 1.54) is 51.1 Å². The van der Waals surface area contributed by atoms with Gasteiger partial charge in [0.15, 0.2) is 5.82 Å². The maximum absolute atomic E-state index is 5.48. The van der Waals surface area contributed by atoms with Crippen molar-refractivity contribution in [3.63, 3.8) is 0 Å². The molecule has 4 aromatic heterocycles. The number of fused-ring (bicyclic) bond motifs is 9. The Bertz CT molecular complexity index is 2980. The van der Waals surface area contributed by atoms with Crippen LogP contribution in [0.4, 0.5) is 0 Å². The van der Waals surface area contributed by atoms with Crippen LogP contribution >= 0.6 is 22.7 Å². The van der Waals surface area contributed by atoms with Gasteiger partial charge in [-0.3, -0.25) is 0 Å². The largest absolute Gasteiger partial charge is 0.309 e. The molecule has 0 spiro atoms. The van der Waals surface area contributed by atoms with Crippen molar-refractivity contribution >= 4 is 84.8 Å². The van der Waals surface area contributed by atoms with Gasteiger partial charge in [0.25, 0.3) is 0 Å². The van der Waals surface area contributed by atoms with Crippen molar-refractivity contribution in [2.24, 2.45) is 0 Å². The lowest BCUT2D eigenvalue weighted by Crippen LogP contribution is -2.01. The van der Waals surface area contributed by atoms with Crippen LogP contribution in [-0.2, 0) is 0 Å². The normalized spacial score (nSPS) is 11.9. The number of hydrogen-bond donors (Lipinski definition) is 0. The monoisotopic (exact) mass is 685 g/mol. The molecule has 7 aromatic carbocycles. The van der Waals surface area contributed by atoms with Gasteiger partial charge < -0.3 is 4.57 Å². The molecular weight excluding hydrogens is 659 g/mol. The summed E-state index contributed by atoms with van der Waals surface area (Å²) in [5.74, 6) is 0.702. The molecular formula is C46H27N3S2. The van der Waals surface area contributed by atoms with Crippen molar-refractivity contribution in [1.82, 2.24) is 14.5 Å². The lowest BCUT2D eigenvalue weighted by molar-refractivity contribution is 1.14. The van der Waals surface area contributed by atoms with Crippen molar-refractivity contribution in [1.29, 1.82) is 0 Å². The fraction of sp³-hybridized carbons (Fsp3) is 0. The van der Waals surface area contributed by atoms with Crippen LogP contribution in [0.25, 0.3) is 102 Å². The average molecular weight is 686 g/mol. The summed E-state index contributed by atoms with van der Waals surface area (Å²) >= 11 is 3.67. The Morgan fingerprint density at radius 3 is 1.37 bits per heavy atom. The number of nitrogens with zero attached hydrogens (tertiary/aromatic N) is 3. The minimum atomic E-state index is 0.702. The van der Waals surface area contributed by atoms with Crippen LogP contribution in [0, 0.1) is 0 Å². The minimum Gasteiger partial charge on any atom is -0.309 e. The second-order valence-electron chi connectivity index (χ2n) is 12.9. The van der Waals surface area contributed by atoms with Gasteiger partial charge in [-0.25, -0.2) is 9.97 Å². The molecule has 3 nitrogen and oxygen atoms in total. The highest BCUT2D eigenvalue weighted by atomic mass is 32.1. The van der Waals surface area contributed by atoms with Gasteiger partial charge in [0.1, 0.15) is 0 Å². The summed E-state index contributed by atoms with van der Waals surface area (Å²) in [6, 6.07) is 58.7. The molecule has 0 aliphatic rings. The van der Waals surface area contributed by atoms with Gasteiger partial charge in [0.05, 0.1) is 28.1 Å². The number of para-hydroxylation sites is 3. The average Bonchev–Trinajstić information content (AvgIpc) is 3.87. The summed E-state index contributed by atoms with van der Waals surface area (Å²) in [6.45, 7) is 0. The first kappa shape index (κ1) is 28.7. The van der Waals surface area contributed by atoms with Gasteiger partial charge in [0.2, 0.25) is 0 Å². The minimum absolute atomic E-state index is 0.702. The number of thiophene rings is 2. The molecule has 0 fully saturated rings. The van der Waals surface area contributed by atoms with E-state index in [1.807, 2.05) is 22.7 Å². The second-order valence-corrected chi connectivity index (χ2v) is 15.1. The Morgan fingerprint density at radius 2 is 0.804 bits per heavy atom. The van der Waals surface area contributed by atoms with Crippen LogP contribution in [-0.4, -0.2) is 14.5 Å². The standard InChI is InChI=1S/C46H27N3S2/c1-6-20-37-28(13-1)29-14-2-7-21-38(29)49(37)39-22-8-3-15-32(39)46-47-35(30-18-11-25-42-44(30)33-16-4-9-23-40(33)50-42)27-36(48-46)31-19-12-26-43-45(31)34-17-5-10-24-41(34)51-43/h1-27H. The molecule has 238 valence electrons. The third-order valence-electron chi connectivity index (χ3n) is 10.0. The highest BCUT2D eigenvalue weighted by Gasteiger charge is 2.21. The topological polar surface area (TPSA) is 30.7 Å². The van der Waals surface area contributed by atoms with Crippen LogP contribution in [0.15, 0.2) is 164 Å². The van der Waals surface area contributed by atoms with E-state index in [-0.39, 0.29) is 0 Å². The smallest absolute Gasteiger partial charge is 0.162 e. The predicted molar refractivity (Wildman–Crippen MR) is 218 cm³/mol. The van der Waals surface area contributed by atoms with E-state index in [0.29, 0.717) is 5.82 Å². The summed E-state index contributed by atoms with van der Waals surface area (Å²) in [5, 5.41) is 7.44. The molecule has 5 heteroatoms. The zero-order valence-corrected chi connectivity index (χ0v) is 28.9. The van der Waals surface area contributed by atoms with Crippen molar-refractivity contribution in [2.45, 2.75) is 0 Å². The van der Waals surface area contributed by atoms with Crippen LogP contribution in [0.1, 0.15) is 0 Å². The molecule has 0 amide bonds. The molecule has 51 heavy (non-hydrogen) atoms. The Kier molecular flexibility index (Phi) is 6.29. The maximum atomic E-state index is 5.48. The Balaban J connectivity index is 1.24. The summed E-state index contributed by atoms with van der Waals surface area (Å²) in [5.41, 5.74) is 8.42. The summed E-state index contributed by atoms with van der Waals surface area (Å²) in [6.07, 6.45) is 0. The Morgan fingerprint density at radius 1 is 0.373 bits per heavy atom. The molecule has 0 bridgehead atoms. The lowest BCUT2D eigenvalue weighted by atomic mass is 9.99. The first-order valence-corrected chi connectivity index (χ1v) is 18.7.